The molecular formula is C20H25NO3. The molecule has 4 nitrogen and oxygen atoms in total. The van der Waals surface area contributed by atoms with E-state index in [0.29, 0.717) is 26.0 Å². The van der Waals surface area contributed by atoms with Crippen molar-refractivity contribution in [1.29, 1.82) is 0 Å². The molecule has 0 aliphatic heterocycles. The van der Waals surface area contributed by atoms with Crippen LogP contribution in [0.3, 0.4) is 0 Å². The molecular weight excluding hydrogens is 302 g/mol. The van der Waals surface area contributed by atoms with Crippen LogP contribution in [0.4, 0.5) is 0 Å². The molecule has 0 radical (unpaired) electrons. The van der Waals surface area contributed by atoms with E-state index in [2.05, 4.69) is 5.32 Å². The Bertz CT molecular complexity index is 655. The van der Waals surface area contributed by atoms with Gasteiger partial charge >= 0.3 is 0 Å². The average Bonchev–Trinajstić information content (AvgIpc) is 2.61. The SMILES string of the molecule is CCOc1ccccc1CCC(=O)NCCc1ccccc1OC. The predicted molar refractivity (Wildman–Crippen MR) is 95.6 cm³/mol. The maximum Gasteiger partial charge on any atom is 0.220 e. The zero-order chi connectivity index (χ0) is 17.2. The van der Waals surface area contributed by atoms with E-state index in [1.807, 2.05) is 55.5 Å². The van der Waals surface area contributed by atoms with Crippen molar-refractivity contribution in [2.24, 2.45) is 0 Å². The van der Waals surface area contributed by atoms with E-state index in [9.17, 15) is 4.79 Å². The highest BCUT2D eigenvalue weighted by molar-refractivity contribution is 5.76. The third-order valence-electron chi connectivity index (χ3n) is 3.80. The highest BCUT2D eigenvalue weighted by Crippen LogP contribution is 2.19. The number of amides is 1. The van der Waals surface area contributed by atoms with E-state index in [0.717, 1.165) is 29.0 Å². The molecule has 2 aromatic carbocycles. The molecule has 0 heterocycles. The van der Waals surface area contributed by atoms with Gasteiger partial charge in [0.1, 0.15) is 11.5 Å². The fraction of sp³-hybridized carbons (Fsp3) is 0.350. The van der Waals surface area contributed by atoms with Crippen LogP contribution in [0.25, 0.3) is 0 Å². The van der Waals surface area contributed by atoms with Gasteiger partial charge in [-0.25, -0.2) is 0 Å². The number of aryl methyl sites for hydroxylation is 1. The summed E-state index contributed by atoms with van der Waals surface area (Å²) in [5.41, 5.74) is 2.17. The fourth-order valence-electron chi connectivity index (χ4n) is 2.59. The Morgan fingerprint density at radius 2 is 1.58 bits per heavy atom. The number of hydrogen-bond acceptors (Lipinski definition) is 3. The van der Waals surface area contributed by atoms with Crippen molar-refractivity contribution in [2.45, 2.75) is 26.2 Å². The number of rotatable bonds is 9. The smallest absolute Gasteiger partial charge is 0.220 e. The monoisotopic (exact) mass is 327 g/mol. The van der Waals surface area contributed by atoms with E-state index in [1.165, 1.54) is 0 Å². The fourth-order valence-corrected chi connectivity index (χ4v) is 2.59. The molecule has 0 saturated carbocycles. The second-order valence-electron chi connectivity index (χ2n) is 5.45. The molecule has 2 aromatic rings. The maximum atomic E-state index is 12.0. The summed E-state index contributed by atoms with van der Waals surface area (Å²) in [5, 5.41) is 2.97. The normalized spacial score (nSPS) is 10.2. The van der Waals surface area contributed by atoms with Crippen LogP contribution >= 0.6 is 0 Å². The Balaban J connectivity index is 1.78. The summed E-state index contributed by atoms with van der Waals surface area (Å²) >= 11 is 0. The molecule has 0 bridgehead atoms. The lowest BCUT2D eigenvalue weighted by Gasteiger charge is -2.11. The molecule has 4 heteroatoms. The van der Waals surface area contributed by atoms with Gasteiger partial charge in [-0.15, -0.1) is 0 Å². The van der Waals surface area contributed by atoms with Gasteiger partial charge in [-0.1, -0.05) is 36.4 Å². The van der Waals surface area contributed by atoms with Crippen molar-refractivity contribution in [3.05, 3.63) is 59.7 Å². The van der Waals surface area contributed by atoms with Gasteiger partial charge in [-0.2, -0.15) is 0 Å². The molecule has 0 atom stereocenters. The summed E-state index contributed by atoms with van der Waals surface area (Å²) in [6, 6.07) is 15.7. The molecule has 0 aliphatic rings. The highest BCUT2D eigenvalue weighted by atomic mass is 16.5. The van der Waals surface area contributed by atoms with Crippen LogP contribution in [-0.4, -0.2) is 26.2 Å². The number of ether oxygens (including phenoxy) is 2. The average molecular weight is 327 g/mol. The van der Waals surface area contributed by atoms with Crippen LogP contribution in [0.2, 0.25) is 0 Å². The second-order valence-corrected chi connectivity index (χ2v) is 5.45. The number of nitrogens with one attached hydrogen (secondary N) is 1. The first-order valence-electron chi connectivity index (χ1n) is 8.34. The summed E-state index contributed by atoms with van der Waals surface area (Å²) in [4.78, 5) is 12.0. The third kappa shape index (κ3) is 5.30. The molecule has 0 aromatic heterocycles. The van der Waals surface area contributed by atoms with Crippen molar-refractivity contribution >= 4 is 5.91 Å². The van der Waals surface area contributed by atoms with Crippen LogP contribution in [0.5, 0.6) is 11.5 Å². The van der Waals surface area contributed by atoms with Gasteiger partial charge in [-0.3, -0.25) is 4.79 Å². The van der Waals surface area contributed by atoms with Gasteiger partial charge in [0, 0.05) is 13.0 Å². The summed E-state index contributed by atoms with van der Waals surface area (Å²) in [5.74, 6) is 1.77. The van der Waals surface area contributed by atoms with Gasteiger partial charge < -0.3 is 14.8 Å². The van der Waals surface area contributed by atoms with E-state index >= 15 is 0 Å². The first-order valence-corrected chi connectivity index (χ1v) is 8.34. The third-order valence-corrected chi connectivity index (χ3v) is 3.80. The van der Waals surface area contributed by atoms with Crippen molar-refractivity contribution in [3.8, 4) is 11.5 Å². The van der Waals surface area contributed by atoms with Crippen molar-refractivity contribution < 1.29 is 14.3 Å². The Kier molecular flexibility index (Phi) is 7.15. The summed E-state index contributed by atoms with van der Waals surface area (Å²) < 4.78 is 10.9. The predicted octanol–water partition coefficient (Wildman–Crippen LogP) is 3.39. The molecule has 0 fully saturated rings. The maximum absolute atomic E-state index is 12.0. The molecule has 0 aliphatic carbocycles. The van der Waals surface area contributed by atoms with Gasteiger partial charge in [0.15, 0.2) is 0 Å². The Labute approximate surface area is 143 Å². The lowest BCUT2D eigenvalue weighted by molar-refractivity contribution is -0.121. The van der Waals surface area contributed by atoms with Crippen LogP contribution in [0.1, 0.15) is 24.5 Å². The van der Waals surface area contributed by atoms with Crippen molar-refractivity contribution in [3.63, 3.8) is 0 Å². The molecule has 0 spiro atoms. The number of para-hydroxylation sites is 2. The van der Waals surface area contributed by atoms with Crippen LogP contribution in [0.15, 0.2) is 48.5 Å². The van der Waals surface area contributed by atoms with Gasteiger partial charge in [0.2, 0.25) is 5.91 Å². The Hall–Kier alpha value is -2.49. The lowest BCUT2D eigenvalue weighted by atomic mass is 10.1. The largest absolute Gasteiger partial charge is 0.496 e. The van der Waals surface area contributed by atoms with Gasteiger partial charge in [-0.05, 0) is 43.0 Å². The number of carbonyl (C=O) groups is 1. The molecule has 0 unspecified atom stereocenters. The second kappa shape index (κ2) is 9.60. The first kappa shape index (κ1) is 17.9. The number of carbonyl (C=O) groups excluding carboxylic acids is 1. The van der Waals surface area contributed by atoms with Gasteiger partial charge in [0.25, 0.3) is 0 Å². The van der Waals surface area contributed by atoms with E-state index in [1.54, 1.807) is 7.11 Å². The topological polar surface area (TPSA) is 47.6 Å². The standard InChI is InChI=1S/C20H25NO3/c1-3-24-19-11-7-5-8-16(19)12-13-20(22)21-15-14-17-9-4-6-10-18(17)23-2/h4-11H,3,12-15H2,1-2H3,(H,21,22). The van der Waals surface area contributed by atoms with E-state index in [4.69, 9.17) is 9.47 Å². The minimum atomic E-state index is 0.0520. The highest BCUT2D eigenvalue weighted by Gasteiger charge is 2.07. The molecule has 1 amide bonds. The first-order chi connectivity index (χ1) is 11.7. The minimum Gasteiger partial charge on any atom is -0.496 e. The zero-order valence-corrected chi connectivity index (χ0v) is 14.4. The summed E-state index contributed by atoms with van der Waals surface area (Å²) in [7, 11) is 1.66. The van der Waals surface area contributed by atoms with Gasteiger partial charge in [0.05, 0.1) is 13.7 Å². The summed E-state index contributed by atoms with van der Waals surface area (Å²) in [6.45, 7) is 3.19. The molecule has 2 rings (SSSR count). The molecule has 0 saturated heterocycles. The minimum absolute atomic E-state index is 0.0520. The number of hydrogen-bond donors (Lipinski definition) is 1. The quantitative estimate of drug-likeness (QED) is 0.768. The number of benzene rings is 2. The molecule has 24 heavy (non-hydrogen) atoms. The summed E-state index contributed by atoms with van der Waals surface area (Å²) in [6.07, 6.45) is 1.89. The van der Waals surface area contributed by atoms with Crippen molar-refractivity contribution in [2.75, 3.05) is 20.3 Å². The molecule has 128 valence electrons. The number of methoxy groups -OCH3 is 1. The van der Waals surface area contributed by atoms with E-state index < -0.39 is 0 Å². The lowest BCUT2D eigenvalue weighted by Crippen LogP contribution is -2.26. The van der Waals surface area contributed by atoms with Crippen LogP contribution in [0, 0.1) is 0 Å². The van der Waals surface area contributed by atoms with Crippen LogP contribution in [-0.2, 0) is 17.6 Å². The van der Waals surface area contributed by atoms with Crippen LogP contribution < -0.4 is 14.8 Å². The van der Waals surface area contributed by atoms with E-state index in [-0.39, 0.29) is 5.91 Å². The Morgan fingerprint density at radius 3 is 2.25 bits per heavy atom. The Morgan fingerprint density at radius 1 is 0.958 bits per heavy atom. The van der Waals surface area contributed by atoms with Crippen molar-refractivity contribution in [1.82, 2.24) is 5.32 Å². The zero-order valence-electron chi connectivity index (χ0n) is 14.4. The molecule has 1 N–H and O–H groups in total.